The molecule has 0 spiro atoms. The number of likely N-dealkylation sites (N-methyl/N-ethyl adjacent to an activating group) is 2. The van der Waals surface area contributed by atoms with Crippen molar-refractivity contribution in [3.8, 4) is 0 Å². The largest absolute Gasteiger partial charge is 0.324 e. The highest BCUT2D eigenvalue weighted by Crippen LogP contribution is 2.20. The van der Waals surface area contributed by atoms with Gasteiger partial charge in [0.05, 0.1) is 13.1 Å². The van der Waals surface area contributed by atoms with Gasteiger partial charge in [0.2, 0.25) is 11.8 Å². The van der Waals surface area contributed by atoms with Crippen LogP contribution >= 0.6 is 0 Å². The lowest BCUT2D eigenvalue weighted by Gasteiger charge is -2.21. The van der Waals surface area contributed by atoms with Crippen molar-refractivity contribution in [3.05, 3.63) is 58.7 Å². The van der Waals surface area contributed by atoms with Gasteiger partial charge in [-0.25, -0.2) is 0 Å². The smallest absolute Gasteiger partial charge is 0.238 e. The van der Waals surface area contributed by atoms with E-state index in [0.29, 0.717) is 13.1 Å². The Bertz CT molecular complexity index is 948. The molecule has 0 fully saturated rings. The summed E-state index contributed by atoms with van der Waals surface area (Å²) in [6.07, 6.45) is 5.67. The molecule has 2 aromatic rings. The maximum absolute atomic E-state index is 12.6. The summed E-state index contributed by atoms with van der Waals surface area (Å²) in [5.41, 5.74) is 6.24. The van der Waals surface area contributed by atoms with Gasteiger partial charge in [0.25, 0.3) is 0 Å². The topological polar surface area (TPSA) is 64.7 Å². The van der Waals surface area contributed by atoms with Gasteiger partial charge in [0, 0.05) is 11.4 Å². The van der Waals surface area contributed by atoms with Crippen molar-refractivity contribution < 1.29 is 9.59 Å². The first-order valence-electron chi connectivity index (χ1n) is 13.3. The average molecular weight is 495 g/mol. The Morgan fingerprint density at radius 2 is 1.08 bits per heavy atom. The maximum Gasteiger partial charge on any atom is 0.238 e. The number of benzene rings is 2. The van der Waals surface area contributed by atoms with Gasteiger partial charge in [0.1, 0.15) is 0 Å². The summed E-state index contributed by atoms with van der Waals surface area (Å²) in [5.74, 6) is 0.0927. The van der Waals surface area contributed by atoms with Crippen LogP contribution in [0.4, 0.5) is 11.4 Å². The molecule has 0 saturated heterocycles. The van der Waals surface area contributed by atoms with Crippen LogP contribution in [-0.2, 0) is 9.59 Å². The molecule has 6 nitrogen and oxygen atoms in total. The number of aryl methyl sites for hydroxylation is 4. The molecule has 0 aliphatic rings. The fraction of sp³-hybridized carbons (Fsp3) is 0.533. The second-order valence-corrected chi connectivity index (χ2v) is 10.0. The third kappa shape index (κ3) is 10.1. The quantitative estimate of drug-likeness (QED) is 0.312. The van der Waals surface area contributed by atoms with E-state index >= 15 is 0 Å². The molecule has 0 atom stereocenters. The summed E-state index contributed by atoms with van der Waals surface area (Å²) in [6.45, 7) is 13.8. The molecule has 0 aliphatic carbocycles. The minimum Gasteiger partial charge on any atom is -0.324 e. The Labute approximate surface area is 218 Å². The van der Waals surface area contributed by atoms with Crippen LogP contribution in [0.1, 0.15) is 61.3 Å². The normalized spacial score (nSPS) is 11.2. The van der Waals surface area contributed by atoms with Gasteiger partial charge in [-0.3, -0.25) is 19.4 Å². The molecule has 2 N–H and O–H groups in total. The monoisotopic (exact) mass is 494 g/mol. The van der Waals surface area contributed by atoms with Crippen molar-refractivity contribution >= 4 is 23.2 Å². The average Bonchev–Trinajstić information content (AvgIpc) is 2.82. The molecule has 0 saturated carbocycles. The van der Waals surface area contributed by atoms with Gasteiger partial charge in [0.15, 0.2) is 0 Å². The highest BCUT2D eigenvalue weighted by atomic mass is 16.2. The van der Waals surface area contributed by atoms with E-state index in [-0.39, 0.29) is 11.8 Å². The van der Waals surface area contributed by atoms with Crippen molar-refractivity contribution in [2.24, 2.45) is 0 Å². The van der Waals surface area contributed by atoms with E-state index in [9.17, 15) is 9.59 Å². The summed E-state index contributed by atoms with van der Waals surface area (Å²) in [4.78, 5) is 29.3. The van der Waals surface area contributed by atoms with Crippen LogP contribution in [0.15, 0.2) is 36.4 Å². The number of unbranched alkanes of at least 4 members (excludes halogenated alkanes) is 4. The van der Waals surface area contributed by atoms with Crippen LogP contribution in [0.5, 0.6) is 0 Å². The number of carbonyl (C=O) groups is 2. The van der Waals surface area contributed by atoms with Gasteiger partial charge < -0.3 is 10.6 Å². The predicted molar refractivity (Wildman–Crippen MR) is 152 cm³/mol. The Morgan fingerprint density at radius 3 is 1.56 bits per heavy atom. The van der Waals surface area contributed by atoms with Crippen LogP contribution in [0.25, 0.3) is 0 Å². The van der Waals surface area contributed by atoms with E-state index < -0.39 is 0 Å². The molecule has 0 bridgehead atoms. The highest BCUT2D eigenvalue weighted by molar-refractivity contribution is 5.94. The van der Waals surface area contributed by atoms with Crippen molar-refractivity contribution in [1.29, 1.82) is 0 Å². The van der Waals surface area contributed by atoms with Crippen LogP contribution in [0.3, 0.4) is 0 Å². The molecule has 0 unspecified atom stereocenters. The van der Waals surface area contributed by atoms with Crippen molar-refractivity contribution in [2.45, 2.75) is 66.7 Å². The number of amides is 2. The third-order valence-corrected chi connectivity index (χ3v) is 6.73. The molecule has 36 heavy (non-hydrogen) atoms. The molecule has 2 amide bonds. The van der Waals surface area contributed by atoms with Crippen LogP contribution in [-0.4, -0.2) is 61.4 Å². The highest BCUT2D eigenvalue weighted by Gasteiger charge is 2.12. The molecule has 0 aromatic heterocycles. The Kier molecular flexibility index (Phi) is 12.6. The number of nitrogens with zero attached hydrogens (tertiary/aromatic N) is 2. The van der Waals surface area contributed by atoms with Crippen LogP contribution < -0.4 is 10.6 Å². The van der Waals surface area contributed by atoms with E-state index in [1.807, 2.05) is 71.1 Å². The first kappa shape index (κ1) is 29.5. The van der Waals surface area contributed by atoms with E-state index in [1.54, 1.807) is 0 Å². The van der Waals surface area contributed by atoms with Gasteiger partial charge in [-0.15, -0.1) is 0 Å². The summed E-state index contributed by atoms with van der Waals surface area (Å²) in [6, 6.07) is 12.1. The molecule has 6 heteroatoms. The van der Waals surface area contributed by atoms with Gasteiger partial charge in [-0.2, -0.15) is 0 Å². The van der Waals surface area contributed by atoms with Crippen LogP contribution in [0, 0.1) is 27.7 Å². The molecule has 198 valence electrons. The summed E-state index contributed by atoms with van der Waals surface area (Å²) in [7, 11) is 2.01. The third-order valence-electron chi connectivity index (χ3n) is 6.73. The number of para-hydroxylation sites is 2. The van der Waals surface area contributed by atoms with E-state index in [0.717, 1.165) is 78.9 Å². The number of hydrogen-bond donors (Lipinski definition) is 2. The molecule has 0 heterocycles. The minimum absolute atomic E-state index is 0.0381. The lowest BCUT2D eigenvalue weighted by atomic mass is 10.1. The van der Waals surface area contributed by atoms with Crippen molar-refractivity contribution in [1.82, 2.24) is 9.80 Å². The standard InChI is InChI=1S/C30H46N4O2/c1-7-34(22-28(36)32-30-25(4)17-14-18-26(30)5)20-12-10-8-9-11-19-33(6)21-27(35)31-29-23(2)15-13-16-24(29)3/h13-18H,7-12,19-22H2,1-6H3,(H,31,35)(H,32,36). The fourth-order valence-corrected chi connectivity index (χ4v) is 4.50. The molecular formula is C30H46N4O2. The van der Waals surface area contributed by atoms with Crippen molar-refractivity contribution in [2.75, 3.05) is 50.4 Å². The first-order chi connectivity index (χ1) is 17.2. The second kappa shape index (κ2) is 15.4. The van der Waals surface area contributed by atoms with Gasteiger partial charge in [-0.1, -0.05) is 62.6 Å². The molecule has 0 radical (unpaired) electrons. The lowest BCUT2D eigenvalue weighted by Crippen LogP contribution is -2.34. The summed E-state index contributed by atoms with van der Waals surface area (Å²) >= 11 is 0. The molecule has 0 aliphatic heterocycles. The first-order valence-corrected chi connectivity index (χ1v) is 13.3. The van der Waals surface area contributed by atoms with Crippen LogP contribution in [0.2, 0.25) is 0 Å². The number of hydrogen-bond acceptors (Lipinski definition) is 4. The number of carbonyl (C=O) groups excluding carboxylic acids is 2. The maximum atomic E-state index is 12.6. The zero-order valence-electron chi connectivity index (χ0n) is 23.2. The van der Waals surface area contributed by atoms with Gasteiger partial charge in [-0.05, 0) is 89.5 Å². The number of nitrogens with one attached hydrogen (secondary N) is 2. The summed E-state index contributed by atoms with van der Waals surface area (Å²) < 4.78 is 0. The number of anilines is 2. The molecule has 2 aromatic carbocycles. The van der Waals surface area contributed by atoms with Crippen molar-refractivity contribution in [3.63, 3.8) is 0 Å². The number of rotatable bonds is 15. The van der Waals surface area contributed by atoms with E-state index in [2.05, 4.69) is 27.4 Å². The predicted octanol–water partition coefficient (Wildman–Crippen LogP) is 5.70. The Balaban J connectivity index is 1.58. The molecular weight excluding hydrogens is 448 g/mol. The van der Waals surface area contributed by atoms with E-state index in [1.165, 1.54) is 6.42 Å². The molecule has 2 rings (SSSR count). The summed E-state index contributed by atoms with van der Waals surface area (Å²) in [5, 5.41) is 6.15. The van der Waals surface area contributed by atoms with Gasteiger partial charge >= 0.3 is 0 Å². The van der Waals surface area contributed by atoms with E-state index in [4.69, 9.17) is 0 Å². The minimum atomic E-state index is 0.0381. The SMILES string of the molecule is CCN(CCCCCCCN(C)CC(=O)Nc1c(C)cccc1C)CC(=O)Nc1c(C)cccc1C. The zero-order chi connectivity index (χ0) is 26.5. The Morgan fingerprint density at radius 1 is 0.667 bits per heavy atom. The second-order valence-electron chi connectivity index (χ2n) is 10.0. The fourth-order valence-electron chi connectivity index (χ4n) is 4.50. The zero-order valence-corrected chi connectivity index (χ0v) is 23.2. The lowest BCUT2D eigenvalue weighted by molar-refractivity contribution is -0.118. The Hall–Kier alpha value is -2.70.